The number of aliphatic hydroxyl groups excluding tert-OH is 1. The summed E-state index contributed by atoms with van der Waals surface area (Å²) in [5.41, 5.74) is 0. The van der Waals surface area contributed by atoms with Crippen LogP contribution in [0.25, 0.3) is 0 Å². The van der Waals surface area contributed by atoms with E-state index in [0.29, 0.717) is 6.42 Å². The highest BCUT2D eigenvalue weighted by Gasteiger charge is 2.07. The predicted octanol–water partition coefficient (Wildman–Crippen LogP) is 0.376. The minimum atomic E-state index is -0.366. The Balaban J connectivity index is 3.31. The first-order chi connectivity index (χ1) is 4.20. The molecular weight excluding hydrogens is 120 g/mol. The van der Waals surface area contributed by atoms with E-state index in [1.54, 1.807) is 21.1 Å². The Morgan fingerprint density at radius 2 is 1.78 bits per heavy atom. The Kier molecular flexibility index (Phi) is 4.67. The molecular formula is C6H14O3. The lowest BCUT2D eigenvalue weighted by atomic mass is 10.3. The second-order valence-electron chi connectivity index (χ2n) is 1.99. The molecule has 0 aliphatic heterocycles. The lowest BCUT2D eigenvalue weighted by molar-refractivity contribution is -0.120. The molecule has 9 heavy (non-hydrogen) atoms. The lowest BCUT2D eigenvalue weighted by Crippen LogP contribution is -2.18. The number of aliphatic hydroxyl groups is 1. The fraction of sp³-hybridized carbons (Fsp3) is 1.00. The summed E-state index contributed by atoms with van der Waals surface area (Å²) < 4.78 is 9.66. The zero-order valence-electron chi connectivity index (χ0n) is 6.13. The van der Waals surface area contributed by atoms with Gasteiger partial charge in [0.25, 0.3) is 0 Å². The Labute approximate surface area is 55.6 Å². The minimum Gasteiger partial charge on any atom is -0.393 e. The molecule has 0 aromatic rings. The number of hydrogen-bond donors (Lipinski definition) is 1. The van der Waals surface area contributed by atoms with Crippen LogP contribution in [-0.4, -0.2) is 31.7 Å². The van der Waals surface area contributed by atoms with Gasteiger partial charge in [0.2, 0.25) is 0 Å². The highest BCUT2D eigenvalue weighted by atomic mass is 16.7. The highest BCUT2D eigenvalue weighted by Crippen LogP contribution is 2.00. The summed E-state index contributed by atoms with van der Waals surface area (Å²) in [5, 5.41) is 8.82. The molecule has 0 fully saturated rings. The third-order valence-corrected chi connectivity index (χ3v) is 1.06. The molecule has 0 heterocycles. The van der Waals surface area contributed by atoms with E-state index in [0.717, 1.165) is 0 Å². The molecule has 0 saturated carbocycles. The van der Waals surface area contributed by atoms with Crippen molar-refractivity contribution in [3.8, 4) is 0 Å². The van der Waals surface area contributed by atoms with Crippen molar-refractivity contribution in [1.82, 2.24) is 0 Å². The maximum atomic E-state index is 8.82. The van der Waals surface area contributed by atoms with Gasteiger partial charge in [-0.2, -0.15) is 0 Å². The fourth-order valence-electron chi connectivity index (χ4n) is 0.567. The van der Waals surface area contributed by atoms with Crippen LogP contribution in [-0.2, 0) is 9.47 Å². The van der Waals surface area contributed by atoms with Gasteiger partial charge in [-0.15, -0.1) is 0 Å². The Bertz CT molecular complexity index is 59.3. The topological polar surface area (TPSA) is 38.7 Å². The van der Waals surface area contributed by atoms with Crippen LogP contribution in [0.3, 0.4) is 0 Å². The molecule has 0 aromatic heterocycles. The number of ether oxygens (including phenoxy) is 2. The van der Waals surface area contributed by atoms with Crippen molar-refractivity contribution in [2.45, 2.75) is 25.7 Å². The molecule has 56 valence electrons. The van der Waals surface area contributed by atoms with Crippen LogP contribution < -0.4 is 0 Å². The van der Waals surface area contributed by atoms with Crippen LogP contribution in [0.2, 0.25) is 0 Å². The van der Waals surface area contributed by atoms with Crippen molar-refractivity contribution in [3.63, 3.8) is 0 Å². The zero-order chi connectivity index (χ0) is 7.28. The fourth-order valence-corrected chi connectivity index (χ4v) is 0.567. The standard InChI is InChI=1S/C6H14O3/c1-5(7)4-6(8-2)9-3/h5-7H,4H2,1-3H3. The van der Waals surface area contributed by atoms with Crippen molar-refractivity contribution in [2.75, 3.05) is 14.2 Å². The zero-order valence-corrected chi connectivity index (χ0v) is 6.13. The molecule has 0 aliphatic rings. The quantitative estimate of drug-likeness (QED) is 0.565. The third-order valence-electron chi connectivity index (χ3n) is 1.06. The summed E-state index contributed by atoms with van der Waals surface area (Å²) in [6.07, 6.45) is -0.118. The van der Waals surface area contributed by atoms with Crippen LogP contribution >= 0.6 is 0 Å². The van der Waals surface area contributed by atoms with Crippen molar-refractivity contribution < 1.29 is 14.6 Å². The van der Waals surface area contributed by atoms with Crippen molar-refractivity contribution >= 4 is 0 Å². The summed E-state index contributed by atoms with van der Waals surface area (Å²) in [5.74, 6) is 0. The molecule has 0 spiro atoms. The van der Waals surface area contributed by atoms with Gasteiger partial charge in [0.15, 0.2) is 6.29 Å². The average Bonchev–Trinajstić information content (AvgIpc) is 1.82. The maximum absolute atomic E-state index is 8.82. The van der Waals surface area contributed by atoms with Crippen molar-refractivity contribution in [2.24, 2.45) is 0 Å². The van der Waals surface area contributed by atoms with E-state index in [1.807, 2.05) is 0 Å². The van der Waals surface area contributed by atoms with E-state index in [1.165, 1.54) is 0 Å². The molecule has 0 aromatic carbocycles. The summed E-state index contributed by atoms with van der Waals surface area (Å²) in [6.45, 7) is 1.70. The van der Waals surface area contributed by atoms with Crippen molar-refractivity contribution in [1.29, 1.82) is 0 Å². The van der Waals surface area contributed by atoms with Gasteiger partial charge < -0.3 is 14.6 Å². The molecule has 0 radical (unpaired) electrons. The second-order valence-corrected chi connectivity index (χ2v) is 1.99. The van der Waals surface area contributed by atoms with Crippen LogP contribution in [0.4, 0.5) is 0 Å². The number of methoxy groups -OCH3 is 2. The van der Waals surface area contributed by atoms with Crippen molar-refractivity contribution in [3.05, 3.63) is 0 Å². The first kappa shape index (κ1) is 8.88. The third kappa shape index (κ3) is 4.39. The van der Waals surface area contributed by atoms with E-state index < -0.39 is 0 Å². The average molecular weight is 134 g/mol. The second kappa shape index (κ2) is 4.73. The van der Waals surface area contributed by atoms with Gasteiger partial charge in [0, 0.05) is 20.6 Å². The van der Waals surface area contributed by atoms with Gasteiger partial charge in [-0.1, -0.05) is 0 Å². The van der Waals surface area contributed by atoms with Gasteiger partial charge in [-0.25, -0.2) is 0 Å². The largest absolute Gasteiger partial charge is 0.393 e. The van der Waals surface area contributed by atoms with Gasteiger partial charge in [0.05, 0.1) is 6.10 Å². The molecule has 1 N–H and O–H groups in total. The van der Waals surface area contributed by atoms with E-state index >= 15 is 0 Å². The number of hydrogen-bond acceptors (Lipinski definition) is 3. The summed E-state index contributed by atoms with van der Waals surface area (Å²) in [4.78, 5) is 0. The van der Waals surface area contributed by atoms with E-state index in [-0.39, 0.29) is 12.4 Å². The molecule has 3 nitrogen and oxygen atoms in total. The van der Waals surface area contributed by atoms with Gasteiger partial charge in [-0.3, -0.25) is 0 Å². The molecule has 0 aliphatic carbocycles. The summed E-state index contributed by atoms with van der Waals surface area (Å²) >= 11 is 0. The molecule has 0 bridgehead atoms. The maximum Gasteiger partial charge on any atom is 0.159 e. The van der Waals surface area contributed by atoms with Gasteiger partial charge in [0.1, 0.15) is 0 Å². The molecule has 1 atom stereocenters. The van der Waals surface area contributed by atoms with Gasteiger partial charge >= 0.3 is 0 Å². The first-order valence-corrected chi connectivity index (χ1v) is 2.94. The van der Waals surface area contributed by atoms with E-state index in [9.17, 15) is 0 Å². The summed E-state index contributed by atoms with van der Waals surface area (Å²) in [6, 6.07) is 0. The van der Waals surface area contributed by atoms with Gasteiger partial charge in [-0.05, 0) is 6.92 Å². The Morgan fingerprint density at radius 3 is 1.89 bits per heavy atom. The normalized spacial score (nSPS) is 14.3. The molecule has 0 amide bonds. The Hall–Kier alpha value is -0.120. The Morgan fingerprint density at radius 1 is 1.33 bits per heavy atom. The monoisotopic (exact) mass is 134 g/mol. The van der Waals surface area contributed by atoms with E-state index in [2.05, 4.69) is 0 Å². The molecule has 3 heteroatoms. The van der Waals surface area contributed by atoms with Crippen LogP contribution in [0, 0.1) is 0 Å². The SMILES string of the molecule is COC(CC(C)O)OC. The van der Waals surface area contributed by atoms with Crippen LogP contribution in [0.1, 0.15) is 13.3 Å². The molecule has 0 saturated heterocycles. The molecule has 1 unspecified atom stereocenters. The predicted molar refractivity (Wildman–Crippen MR) is 34.1 cm³/mol. The smallest absolute Gasteiger partial charge is 0.159 e. The molecule has 0 rings (SSSR count). The minimum absolute atomic E-state index is 0.273. The van der Waals surface area contributed by atoms with Crippen LogP contribution in [0.5, 0.6) is 0 Å². The number of rotatable bonds is 4. The first-order valence-electron chi connectivity index (χ1n) is 2.94. The lowest BCUT2D eigenvalue weighted by Gasteiger charge is -2.13. The summed E-state index contributed by atoms with van der Waals surface area (Å²) in [7, 11) is 3.10. The van der Waals surface area contributed by atoms with Crippen LogP contribution in [0.15, 0.2) is 0 Å². The van der Waals surface area contributed by atoms with E-state index in [4.69, 9.17) is 14.6 Å². The highest BCUT2D eigenvalue weighted by molar-refractivity contribution is 4.49.